The molecule has 1 aromatic heterocycles. The molecule has 246 valence electrons. The normalized spacial score (nSPS) is 16.4. The highest BCUT2D eigenvalue weighted by molar-refractivity contribution is 5.96. The predicted octanol–water partition coefficient (Wildman–Crippen LogP) is 7.05. The van der Waals surface area contributed by atoms with Crippen LogP contribution in [0.4, 0.5) is 0 Å². The molecule has 2 heterocycles. The second kappa shape index (κ2) is 14.3. The first-order chi connectivity index (χ1) is 23.2. The van der Waals surface area contributed by atoms with Crippen LogP contribution >= 0.6 is 0 Å². The molecule has 8 nitrogen and oxygen atoms in total. The minimum Gasteiger partial charge on any atom is -0.484 e. The van der Waals surface area contributed by atoms with Gasteiger partial charge in [0.2, 0.25) is 11.5 Å². The molecule has 1 amide bonds. The van der Waals surface area contributed by atoms with Gasteiger partial charge < -0.3 is 19.5 Å². The molecular formula is C40H42N4O4. The molecule has 0 saturated heterocycles. The van der Waals surface area contributed by atoms with Crippen molar-refractivity contribution in [1.82, 2.24) is 19.9 Å². The lowest BCUT2D eigenvalue weighted by Crippen LogP contribution is -2.50. The van der Waals surface area contributed by atoms with Gasteiger partial charge in [0.1, 0.15) is 18.9 Å². The maximum Gasteiger partial charge on any atom is 0.295 e. The largest absolute Gasteiger partial charge is 0.484 e. The Kier molecular flexibility index (Phi) is 9.73. The molecule has 0 bridgehead atoms. The quantitative estimate of drug-likeness (QED) is 0.148. The molecule has 0 radical (unpaired) electrons. The lowest BCUT2D eigenvalue weighted by atomic mass is 9.86. The summed E-state index contributed by atoms with van der Waals surface area (Å²) in [5, 5.41) is 21.4. The topological polar surface area (TPSA) is 89.7 Å². The number of benzene rings is 4. The molecule has 0 aliphatic carbocycles. The molecule has 0 spiro atoms. The van der Waals surface area contributed by atoms with Crippen LogP contribution < -0.4 is 0 Å². The summed E-state index contributed by atoms with van der Waals surface area (Å²) < 4.78 is 14.2. The van der Waals surface area contributed by atoms with Crippen molar-refractivity contribution in [2.75, 3.05) is 6.54 Å². The Hall–Kier alpha value is -5.21. The van der Waals surface area contributed by atoms with E-state index in [2.05, 4.69) is 55.3 Å². The zero-order valence-electron chi connectivity index (χ0n) is 27.8. The molecule has 1 unspecified atom stereocenters. The van der Waals surface area contributed by atoms with Gasteiger partial charge in [-0.1, -0.05) is 141 Å². The van der Waals surface area contributed by atoms with E-state index in [1.807, 2.05) is 97.2 Å². The highest BCUT2D eigenvalue weighted by Gasteiger charge is 2.53. The van der Waals surface area contributed by atoms with Crippen LogP contribution in [0.2, 0.25) is 0 Å². The van der Waals surface area contributed by atoms with E-state index in [4.69, 9.17) is 9.47 Å². The molecular weight excluding hydrogens is 600 g/mol. The molecule has 1 N–H and O–H groups in total. The summed E-state index contributed by atoms with van der Waals surface area (Å²) in [5.41, 5.74) is 4.05. The average molecular weight is 643 g/mol. The molecule has 1 atom stereocenters. The lowest BCUT2D eigenvalue weighted by molar-refractivity contribution is -0.151. The van der Waals surface area contributed by atoms with Crippen molar-refractivity contribution in [3.63, 3.8) is 0 Å². The number of ether oxygens (including phenoxy) is 2. The molecule has 4 aromatic carbocycles. The van der Waals surface area contributed by atoms with Crippen LogP contribution in [0, 0.1) is 0 Å². The Morgan fingerprint density at radius 2 is 1.29 bits per heavy atom. The number of hydrogen-bond donors (Lipinski definition) is 1. The maximum atomic E-state index is 14.2. The van der Waals surface area contributed by atoms with Gasteiger partial charge in [0.25, 0.3) is 5.91 Å². The summed E-state index contributed by atoms with van der Waals surface area (Å²) in [5.74, 6) is -0.285. The first-order valence-electron chi connectivity index (χ1n) is 16.4. The molecule has 6 rings (SSSR count). The number of amides is 1. The zero-order chi connectivity index (χ0) is 33.6. The Balaban J connectivity index is 1.29. The molecule has 5 aromatic rings. The third-order valence-electron chi connectivity index (χ3n) is 8.65. The van der Waals surface area contributed by atoms with E-state index in [0.717, 1.165) is 27.9 Å². The predicted molar refractivity (Wildman–Crippen MR) is 185 cm³/mol. The van der Waals surface area contributed by atoms with Gasteiger partial charge in [-0.05, 0) is 34.1 Å². The summed E-state index contributed by atoms with van der Waals surface area (Å²) in [4.78, 5) is 15.6. The van der Waals surface area contributed by atoms with Gasteiger partial charge in [-0.2, -0.15) is 0 Å². The zero-order valence-corrected chi connectivity index (χ0v) is 27.8. The number of rotatable bonds is 13. The molecule has 8 heteroatoms. The Morgan fingerprint density at radius 3 is 1.88 bits per heavy atom. The monoisotopic (exact) mass is 642 g/mol. The van der Waals surface area contributed by atoms with Gasteiger partial charge in [0.05, 0.1) is 6.20 Å². The van der Waals surface area contributed by atoms with Crippen LogP contribution in [0.15, 0.2) is 133 Å². The fourth-order valence-electron chi connectivity index (χ4n) is 5.83. The summed E-state index contributed by atoms with van der Waals surface area (Å²) in [6, 6.07) is 37.6. The smallest absolute Gasteiger partial charge is 0.295 e. The average Bonchev–Trinajstić information content (AvgIpc) is 3.66. The van der Waals surface area contributed by atoms with Gasteiger partial charge in [0.15, 0.2) is 5.76 Å². The van der Waals surface area contributed by atoms with Gasteiger partial charge in [-0.25, -0.2) is 0 Å². The standard InChI is InChI=1S/C40H42N4O4/c1-39(2,3)34-21-19-33(20-22-34)35-27-43(42-41-35)26-24-40(46)37(48-29-32-17-11-6-12-18-32)36(47-28-31-15-9-5-10-16-31)38(45)44(40)25-23-30-13-7-4-8-14-30/h4-22,27,46H,23-26,28-29H2,1-3H3. The van der Waals surface area contributed by atoms with Gasteiger partial charge in [-0.3, -0.25) is 9.48 Å². The van der Waals surface area contributed by atoms with E-state index in [1.54, 1.807) is 4.68 Å². The highest BCUT2D eigenvalue weighted by atomic mass is 16.5. The first kappa shape index (κ1) is 32.7. The number of aryl methyl sites for hydroxylation is 1. The minimum absolute atomic E-state index is 0.0172. The molecule has 0 fully saturated rings. The van der Waals surface area contributed by atoms with Crippen LogP contribution in [-0.4, -0.2) is 43.2 Å². The van der Waals surface area contributed by atoms with Crippen LogP contribution in [0.5, 0.6) is 0 Å². The lowest BCUT2D eigenvalue weighted by Gasteiger charge is -2.35. The highest BCUT2D eigenvalue weighted by Crippen LogP contribution is 2.39. The number of hydrogen-bond acceptors (Lipinski definition) is 6. The number of aromatic nitrogens is 3. The van der Waals surface area contributed by atoms with Crippen LogP contribution in [0.1, 0.15) is 49.4 Å². The number of aliphatic hydroxyl groups is 1. The molecule has 1 aliphatic rings. The summed E-state index contributed by atoms with van der Waals surface area (Å²) in [6.07, 6.45) is 2.52. The minimum atomic E-state index is -1.78. The maximum absolute atomic E-state index is 14.2. The van der Waals surface area contributed by atoms with Crippen molar-refractivity contribution in [2.45, 2.75) is 64.5 Å². The number of carbonyl (C=O) groups excluding carboxylic acids is 1. The third kappa shape index (κ3) is 7.50. The molecule has 1 aliphatic heterocycles. The Bertz CT molecular complexity index is 1830. The van der Waals surface area contributed by atoms with Crippen molar-refractivity contribution in [1.29, 1.82) is 0 Å². The van der Waals surface area contributed by atoms with Crippen molar-refractivity contribution >= 4 is 5.91 Å². The first-order valence-corrected chi connectivity index (χ1v) is 16.4. The van der Waals surface area contributed by atoms with E-state index in [-0.39, 0.29) is 49.7 Å². The summed E-state index contributed by atoms with van der Waals surface area (Å²) in [6.45, 7) is 7.41. The van der Waals surface area contributed by atoms with E-state index in [1.165, 1.54) is 10.5 Å². The van der Waals surface area contributed by atoms with E-state index >= 15 is 0 Å². The molecule has 48 heavy (non-hydrogen) atoms. The van der Waals surface area contributed by atoms with Crippen LogP contribution in [0.3, 0.4) is 0 Å². The number of carbonyl (C=O) groups is 1. The molecule has 0 saturated carbocycles. The van der Waals surface area contributed by atoms with Crippen molar-refractivity contribution in [3.05, 3.63) is 155 Å². The van der Waals surface area contributed by atoms with E-state index < -0.39 is 11.6 Å². The second-order valence-electron chi connectivity index (χ2n) is 13.2. The third-order valence-corrected chi connectivity index (χ3v) is 8.65. The summed E-state index contributed by atoms with van der Waals surface area (Å²) in [7, 11) is 0. The Labute approximate surface area is 282 Å². The van der Waals surface area contributed by atoms with Crippen LogP contribution in [0.25, 0.3) is 11.3 Å². The van der Waals surface area contributed by atoms with Gasteiger partial charge >= 0.3 is 0 Å². The fourth-order valence-corrected chi connectivity index (χ4v) is 5.83. The van der Waals surface area contributed by atoms with Crippen molar-refractivity contribution in [3.8, 4) is 11.3 Å². The van der Waals surface area contributed by atoms with Crippen molar-refractivity contribution < 1.29 is 19.4 Å². The van der Waals surface area contributed by atoms with Crippen LogP contribution in [-0.2, 0) is 45.9 Å². The Morgan fingerprint density at radius 1 is 0.729 bits per heavy atom. The van der Waals surface area contributed by atoms with Gasteiger partial charge in [0, 0.05) is 25.1 Å². The number of nitrogens with zero attached hydrogens (tertiary/aromatic N) is 4. The van der Waals surface area contributed by atoms with E-state index in [9.17, 15) is 9.90 Å². The van der Waals surface area contributed by atoms with Crippen molar-refractivity contribution in [2.24, 2.45) is 0 Å². The van der Waals surface area contributed by atoms with Gasteiger partial charge in [-0.15, -0.1) is 5.10 Å². The summed E-state index contributed by atoms with van der Waals surface area (Å²) >= 11 is 0. The van der Waals surface area contributed by atoms with E-state index in [0.29, 0.717) is 6.42 Å². The SMILES string of the molecule is CC(C)(C)c1ccc(-c2cn(CCC3(O)C(OCc4ccccc4)=C(OCc4ccccc4)C(=O)N3CCc3ccccc3)nn2)cc1. The second-order valence-corrected chi connectivity index (χ2v) is 13.2. The fraction of sp³-hybridized carbons (Fsp3) is 0.275.